The predicted octanol–water partition coefficient (Wildman–Crippen LogP) is 3.76. The van der Waals surface area contributed by atoms with Crippen LogP contribution >= 0.6 is 0 Å². The van der Waals surface area contributed by atoms with Crippen LogP contribution in [-0.4, -0.2) is 18.0 Å². The van der Waals surface area contributed by atoms with Crippen LogP contribution in [0.2, 0.25) is 0 Å². The second-order valence-electron chi connectivity index (χ2n) is 5.04. The number of hydrogen-bond acceptors (Lipinski definition) is 1. The third-order valence-corrected chi connectivity index (χ3v) is 3.73. The van der Waals surface area contributed by atoms with Crippen molar-refractivity contribution in [2.45, 2.75) is 26.2 Å². The van der Waals surface area contributed by atoms with E-state index in [4.69, 9.17) is 0 Å². The third kappa shape index (κ3) is 2.14. The van der Waals surface area contributed by atoms with Gasteiger partial charge in [-0.3, -0.25) is 0 Å². The highest BCUT2D eigenvalue weighted by atomic mass is 15.2. The Morgan fingerprint density at radius 2 is 1.82 bits per heavy atom. The molecule has 0 N–H and O–H groups in total. The summed E-state index contributed by atoms with van der Waals surface area (Å²) in [7, 11) is 0. The van der Waals surface area contributed by atoms with Crippen molar-refractivity contribution in [2.75, 3.05) is 13.1 Å². The quantitative estimate of drug-likeness (QED) is 0.740. The molecule has 3 rings (SSSR count). The molecule has 0 spiro atoms. The number of benzene rings is 1. The maximum Gasteiger partial charge on any atom is 0.0328 e. The Morgan fingerprint density at radius 1 is 1.06 bits per heavy atom. The topological polar surface area (TPSA) is 3.24 Å². The first-order chi connectivity index (χ1) is 8.33. The number of rotatable bonds is 2. The molecule has 1 heteroatoms. The molecule has 88 valence electrons. The van der Waals surface area contributed by atoms with E-state index in [1.54, 1.807) is 0 Å². The van der Waals surface area contributed by atoms with Gasteiger partial charge in [-0.05, 0) is 43.4 Å². The van der Waals surface area contributed by atoms with Gasteiger partial charge in [0.2, 0.25) is 0 Å². The Morgan fingerprint density at radius 3 is 2.47 bits per heavy atom. The zero-order valence-corrected chi connectivity index (χ0v) is 10.4. The second kappa shape index (κ2) is 4.40. The number of aryl methyl sites for hydroxylation is 1. The molecular weight excluding hydrogens is 206 g/mol. The maximum atomic E-state index is 2.48. The van der Waals surface area contributed by atoms with Gasteiger partial charge in [0.15, 0.2) is 0 Å². The number of allylic oxidation sites excluding steroid dienone is 3. The Kier molecular flexibility index (Phi) is 2.76. The molecule has 1 heterocycles. The van der Waals surface area contributed by atoms with Gasteiger partial charge in [-0.15, -0.1) is 0 Å². The highest BCUT2D eigenvalue weighted by Gasteiger charge is 2.18. The minimum Gasteiger partial charge on any atom is -0.372 e. The summed E-state index contributed by atoms with van der Waals surface area (Å²) in [5.74, 6) is 0. The summed E-state index contributed by atoms with van der Waals surface area (Å²) in [6.07, 6.45) is 8.49. The lowest BCUT2D eigenvalue weighted by molar-refractivity contribution is 0.245. The van der Waals surface area contributed by atoms with E-state index >= 15 is 0 Å². The smallest absolute Gasteiger partial charge is 0.0328 e. The zero-order valence-electron chi connectivity index (χ0n) is 10.4. The minimum atomic E-state index is 1.18. The molecule has 0 radical (unpaired) electrons. The van der Waals surface area contributed by atoms with E-state index in [2.05, 4.69) is 48.2 Å². The van der Waals surface area contributed by atoms with Gasteiger partial charge in [0.1, 0.15) is 0 Å². The molecule has 1 aliphatic carbocycles. The lowest BCUT2D eigenvalue weighted by atomic mass is 9.94. The number of hydrogen-bond donors (Lipinski definition) is 0. The normalized spacial score (nSPS) is 19.5. The van der Waals surface area contributed by atoms with E-state index in [-0.39, 0.29) is 0 Å². The monoisotopic (exact) mass is 225 g/mol. The van der Waals surface area contributed by atoms with Crippen LogP contribution in [0.4, 0.5) is 0 Å². The fraction of sp³-hybridized carbons (Fsp3) is 0.375. The van der Waals surface area contributed by atoms with Crippen molar-refractivity contribution in [1.29, 1.82) is 0 Å². The molecule has 0 bridgehead atoms. The molecule has 1 fully saturated rings. The van der Waals surface area contributed by atoms with Crippen molar-refractivity contribution < 1.29 is 0 Å². The lowest BCUT2D eigenvalue weighted by Gasteiger charge is -2.35. The molecule has 1 aliphatic heterocycles. The maximum absolute atomic E-state index is 2.48. The van der Waals surface area contributed by atoms with E-state index in [1.165, 1.54) is 54.7 Å². The Hall–Kier alpha value is -1.50. The van der Waals surface area contributed by atoms with Gasteiger partial charge in [0, 0.05) is 18.8 Å². The van der Waals surface area contributed by atoms with E-state index in [9.17, 15) is 0 Å². The van der Waals surface area contributed by atoms with E-state index in [0.29, 0.717) is 0 Å². The molecule has 2 aliphatic rings. The van der Waals surface area contributed by atoms with Crippen LogP contribution in [-0.2, 0) is 0 Å². The number of nitrogens with zero attached hydrogens (tertiary/aromatic N) is 1. The highest BCUT2D eigenvalue weighted by Crippen LogP contribution is 2.29. The Bertz CT molecular complexity index is 461. The van der Waals surface area contributed by atoms with Gasteiger partial charge in [-0.2, -0.15) is 0 Å². The molecule has 1 aromatic rings. The molecule has 1 aromatic carbocycles. The van der Waals surface area contributed by atoms with E-state index in [1.807, 2.05) is 0 Å². The molecule has 0 atom stereocenters. The molecule has 1 saturated heterocycles. The van der Waals surface area contributed by atoms with Crippen molar-refractivity contribution in [1.82, 2.24) is 4.90 Å². The highest BCUT2D eigenvalue weighted by molar-refractivity contribution is 5.69. The lowest BCUT2D eigenvalue weighted by Crippen LogP contribution is -2.36. The predicted molar refractivity (Wildman–Crippen MR) is 72.7 cm³/mol. The van der Waals surface area contributed by atoms with E-state index < -0.39 is 0 Å². The van der Waals surface area contributed by atoms with Crippen LogP contribution in [0.3, 0.4) is 0 Å². The Balaban J connectivity index is 1.85. The summed E-state index contributed by atoms with van der Waals surface area (Å²) < 4.78 is 0. The fourth-order valence-electron chi connectivity index (χ4n) is 2.48. The summed E-state index contributed by atoms with van der Waals surface area (Å²) >= 11 is 0. The van der Waals surface area contributed by atoms with Gasteiger partial charge in [-0.1, -0.05) is 35.9 Å². The summed E-state index contributed by atoms with van der Waals surface area (Å²) in [5.41, 5.74) is 5.66. The van der Waals surface area contributed by atoms with Crippen LogP contribution in [0.1, 0.15) is 30.4 Å². The summed E-state index contributed by atoms with van der Waals surface area (Å²) in [6, 6.07) is 8.91. The van der Waals surface area contributed by atoms with Crippen molar-refractivity contribution in [3.05, 3.63) is 53.2 Å². The van der Waals surface area contributed by atoms with Gasteiger partial charge >= 0.3 is 0 Å². The van der Waals surface area contributed by atoms with Crippen LogP contribution in [0, 0.1) is 6.92 Å². The van der Waals surface area contributed by atoms with Crippen LogP contribution < -0.4 is 0 Å². The average molecular weight is 225 g/mol. The Labute approximate surface area is 103 Å². The van der Waals surface area contributed by atoms with Gasteiger partial charge < -0.3 is 4.90 Å². The third-order valence-electron chi connectivity index (χ3n) is 3.73. The van der Waals surface area contributed by atoms with Crippen molar-refractivity contribution in [2.24, 2.45) is 0 Å². The summed E-state index contributed by atoms with van der Waals surface area (Å²) in [5, 5.41) is 0. The first kappa shape index (κ1) is 10.6. The van der Waals surface area contributed by atoms with Crippen molar-refractivity contribution in [3.8, 4) is 0 Å². The second-order valence-corrected chi connectivity index (χ2v) is 5.04. The summed E-state index contributed by atoms with van der Waals surface area (Å²) in [6.45, 7) is 4.62. The average Bonchev–Trinajstić information content (AvgIpc) is 2.28. The van der Waals surface area contributed by atoms with Crippen LogP contribution in [0.5, 0.6) is 0 Å². The van der Waals surface area contributed by atoms with Crippen LogP contribution in [0.25, 0.3) is 5.57 Å². The van der Waals surface area contributed by atoms with Gasteiger partial charge in [0.05, 0.1) is 0 Å². The SMILES string of the molecule is Cc1ccc(C2=CC(N3CCC3)=CCC2)cc1. The molecule has 0 unspecified atom stereocenters. The first-order valence-corrected chi connectivity index (χ1v) is 6.56. The fourth-order valence-corrected chi connectivity index (χ4v) is 2.48. The van der Waals surface area contributed by atoms with E-state index in [0.717, 1.165) is 0 Å². The van der Waals surface area contributed by atoms with Gasteiger partial charge in [0.25, 0.3) is 0 Å². The largest absolute Gasteiger partial charge is 0.372 e. The molecule has 1 nitrogen and oxygen atoms in total. The first-order valence-electron chi connectivity index (χ1n) is 6.56. The molecule has 17 heavy (non-hydrogen) atoms. The molecule has 0 aromatic heterocycles. The number of likely N-dealkylation sites (tertiary alicyclic amines) is 1. The molecule has 0 saturated carbocycles. The van der Waals surface area contributed by atoms with Crippen molar-refractivity contribution in [3.63, 3.8) is 0 Å². The molecular formula is C16H19N. The van der Waals surface area contributed by atoms with Gasteiger partial charge in [-0.25, -0.2) is 0 Å². The minimum absolute atomic E-state index is 1.18. The standard InChI is InChI=1S/C16H19N/c1-13-6-8-14(9-7-13)15-4-2-5-16(12-15)17-10-3-11-17/h5-9,12H,2-4,10-11H2,1H3. The van der Waals surface area contributed by atoms with Crippen LogP contribution in [0.15, 0.2) is 42.1 Å². The summed E-state index contributed by atoms with van der Waals surface area (Å²) in [4.78, 5) is 2.48. The zero-order chi connectivity index (χ0) is 11.7. The van der Waals surface area contributed by atoms with Crippen molar-refractivity contribution >= 4 is 5.57 Å². The molecule has 0 amide bonds.